The zero-order chi connectivity index (χ0) is 20.9. The highest BCUT2D eigenvalue weighted by molar-refractivity contribution is 5.80. The van der Waals surface area contributed by atoms with Crippen molar-refractivity contribution in [3.05, 3.63) is 35.4 Å². The summed E-state index contributed by atoms with van der Waals surface area (Å²) in [6, 6.07) is 8.77. The lowest BCUT2D eigenvalue weighted by Gasteiger charge is -2.41. The molecule has 3 rings (SSSR count). The highest BCUT2D eigenvalue weighted by Gasteiger charge is 2.30. The Morgan fingerprint density at radius 3 is 2.76 bits per heavy atom. The Bertz CT molecular complexity index is 730. The maximum Gasteiger partial charge on any atom is 0.217 e. The first-order valence-corrected chi connectivity index (χ1v) is 11.0. The molecular weight excluding hydrogens is 362 g/mol. The second-order valence-corrected chi connectivity index (χ2v) is 9.05. The minimum absolute atomic E-state index is 0.0172. The van der Waals surface area contributed by atoms with E-state index in [0.717, 1.165) is 64.5 Å². The summed E-state index contributed by atoms with van der Waals surface area (Å²) in [5, 5.41) is 3.46. The molecule has 2 heterocycles. The van der Waals surface area contributed by atoms with Crippen LogP contribution in [0.15, 0.2) is 29.3 Å². The van der Waals surface area contributed by atoms with Crippen molar-refractivity contribution in [1.29, 1.82) is 0 Å². The van der Waals surface area contributed by atoms with Gasteiger partial charge in [-0.2, -0.15) is 0 Å². The molecule has 0 aliphatic carbocycles. The highest BCUT2D eigenvalue weighted by atomic mass is 16.1. The summed E-state index contributed by atoms with van der Waals surface area (Å²) in [6.45, 7) is 12.2. The number of carbonyl (C=O) groups is 1. The zero-order valence-corrected chi connectivity index (χ0v) is 18.3. The zero-order valence-electron chi connectivity index (χ0n) is 18.3. The quantitative estimate of drug-likeness (QED) is 0.569. The van der Waals surface area contributed by atoms with Gasteiger partial charge in [0.15, 0.2) is 5.96 Å². The molecule has 1 saturated heterocycles. The van der Waals surface area contributed by atoms with Gasteiger partial charge >= 0.3 is 0 Å². The summed E-state index contributed by atoms with van der Waals surface area (Å²) in [5.41, 5.74) is 8.32. The predicted octanol–water partition coefficient (Wildman–Crippen LogP) is 2.38. The van der Waals surface area contributed by atoms with Crippen LogP contribution in [0.4, 0.5) is 0 Å². The molecule has 6 nitrogen and oxygen atoms in total. The first-order valence-electron chi connectivity index (χ1n) is 11.0. The smallest absolute Gasteiger partial charge is 0.217 e. The maximum absolute atomic E-state index is 11.3. The maximum atomic E-state index is 11.3. The monoisotopic (exact) mass is 399 g/mol. The molecule has 1 aromatic rings. The fourth-order valence-electron chi connectivity index (χ4n) is 4.52. The predicted molar refractivity (Wildman–Crippen MR) is 119 cm³/mol. The Balaban J connectivity index is 1.66. The van der Waals surface area contributed by atoms with E-state index < -0.39 is 0 Å². The van der Waals surface area contributed by atoms with Crippen molar-refractivity contribution < 1.29 is 4.79 Å². The SMILES string of the molecule is CCNC(=NCC(C)(C)N1CCc2ccccc2C1)N1CCCC(CC(N)=O)C1. The van der Waals surface area contributed by atoms with E-state index in [-0.39, 0.29) is 11.4 Å². The van der Waals surface area contributed by atoms with E-state index in [9.17, 15) is 4.79 Å². The molecule has 0 radical (unpaired) electrons. The summed E-state index contributed by atoms with van der Waals surface area (Å²) in [5.74, 6) is 1.09. The summed E-state index contributed by atoms with van der Waals surface area (Å²) in [6.07, 6.45) is 3.71. The molecule has 0 aromatic heterocycles. The van der Waals surface area contributed by atoms with Gasteiger partial charge in [0.05, 0.1) is 6.54 Å². The van der Waals surface area contributed by atoms with Crippen molar-refractivity contribution in [2.45, 2.75) is 58.5 Å². The van der Waals surface area contributed by atoms with Crippen molar-refractivity contribution in [3.63, 3.8) is 0 Å². The number of carbonyl (C=O) groups excluding carboxylic acids is 1. The standard InChI is InChI=1S/C23H37N5O/c1-4-25-22(27-12-7-8-18(15-27)14-21(24)29)26-17-23(2,3)28-13-11-19-9-5-6-10-20(19)16-28/h5-6,9-10,18H,4,7-8,11-17H2,1-3H3,(H2,24,29)(H,25,26). The minimum Gasteiger partial charge on any atom is -0.370 e. The number of likely N-dealkylation sites (tertiary alicyclic amines) is 1. The van der Waals surface area contributed by atoms with Crippen LogP contribution in [0.5, 0.6) is 0 Å². The lowest BCUT2D eigenvalue weighted by Crippen LogP contribution is -2.51. The summed E-state index contributed by atoms with van der Waals surface area (Å²) in [7, 11) is 0. The Hall–Kier alpha value is -2.08. The molecule has 0 spiro atoms. The van der Waals surface area contributed by atoms with E-state index >= 15 is 0 Å². The van der Waals surface area contributed by atoms with E-state index in [1.165, 1.54) is 11.1 Å². The topological polar surface area (TPSA) is 74.0 Å². The van der Waals surface area contributed by atoms with Gasteiger partial charge in [-0.3, -0.25) is 14.7 Å². The molecule has 1 atom stereocenters. The van der Waals surface area contributed by atoms with Gasteiger partial charge < -0.3 is 16.0 Å². The first-order chi connectivity index (χ1) is 13.9. The number of primary amides is 1. The lowest BCUT2D eigenvalue weighted by molar-refractivity contribution is -0.119. The van der Waals surface area contributed by atoms with E-state index in [1.54, 1.807) is 0 Å². The van der Waals surface area contributed by atoms with Crippen LogP contribution in [0, 0.1) is 5.92 Å². The number of nitrogens with one attached hydrogen (secondary N) is 1. The van der Waals surface area contributed by atoms with Gasteiger partial charge in [0.25, 0.3) is 0 Å². The fraction of sp³-hybridized carbons (Fsp3) is 0.652. The van der Waals surface area contributed by atoms with Crippen molar-refractivity contribution >= 4 is 11.9 Å². The van der Waals surface area contributed by atoms with Crippen LogP contribution in [-0.2, 0) is 17.8 Å². The molecule has 2 aliphatic rings. The molecule has 29 heavy (non-hydrogen) atoms. The fourth-order valence-corrected chi connectivity index (χ4v) is 4.52. The molecular formula is C23H37N5O. The van der Waals surface area contributed by atoms with Crippen LogP contribution in [0.25, 0.3) is 0 Å². The average molecular weight is 400 g/mol. The van der Waals surface area contributed by atoms with E-state index in [2.05, 4.69) is 60.2 Å². The number of amides is 1. The average Bonchev–Trinajstić information content (AvgIpc) is 2.70. The highest BCUT2D eigenvalue weighted by Crippen LogP contribution is 2.26. The van der Waals surface area contributed by atoms with Crippen LogP contribution < -0.4 is 11.1 Å². The van der Waals surface area contributed by atoms with Crippen LogP contribution in [0.3, 0.4) is 0 Å². The van der Waals surface area contributed by atoms with Crippen molar-refractivity contribution in [2.75, 3.05) is 32.7 Å². The lowest BCUT2D eigenvalue weighted by atomic mass is 9.94. The molecule has 0 bridgehead atoms. The van der Waals surface area contributed by atoms with E-state index in [1.807, 2.05) is 0 Å². The van der Waals surface area contributed by atoms with Gasteiger partial charge in [-0.25, -0.2) is 0 Å². The molecule has 1 aromatic carbocycles. The molecule has 160 valence electrons. The van der Waals surface area contributed by atoms with Crippen LogP contribution in [0.1, 0.15) is 51.2 Å². The third-order valence-electron chi connectivity index (χ3n) is 6.25. The van der Waals surface area contributed by atoms with Crippen molar-refractivity contribution in [1.82, 2.24) is 15.1 Å². The Morgan fingerprint density at radius 2 is 2.03 bits per heavy atom. The number of hydrogen-bond donors (Lipinski definition) is 2. The summed E-state index contributed by atoms with van der Waals surface area (Å²) >= 11 is 0. The second-order valence-electron chi connectivity index (χ2n) is 9.05. The second kappa shape index (κ2) is 9.61. The van der Waals surface area contributed by atoms with Crippen molar-refractivity contribution in [3.8, 4) is 0 Å². The third-order valence-corrected chi connectivity index (χ3v) is 6.25. The number of benzene rings is 1. The van der Waals surface area contributed by atoms with Gasteiger partial charge in [0, 0.05) is 44.7 Å². The number of hydrogen-bond acceptors (Lipinski definition) is 3. The van der Waals surface area contributed by atoms with Gasteiger partial charge in [-0.1, -0.05) is 24.3 Å². The molecule has 2 aliphatic heterocycles. The normalized spacial score (nSPS) is 21.0. The number of nitrogens with two attached hydrogens (primary N) is 1. The number of aliphatic imine (C=N–C) groups is 1. The van der Waals surface area contributed by atoms with Gasteiger partial charge in [0.1, 0.15) is 0 Å². The molecule has 1 unspecified atom stereocenters. The molecule has 3 N–H and O–H groups in total. The first kappa shape index (κ1) is 21.6. The Morgan fingerprint density at radius 1 is 1.28 bits per heavy atom. The van der Waals surface area contributed by atoms with E-state index in [0.29, 0.717) is 12.3 Å². The van der Waals surface area contributed by atoms with Crippen LogP contribution >= 0.6 is 0 Å². The Labute approximate surface area is 175 Å². The van der Waals surface area contributed by atoms with Gasteiger partial charge in [-0.15, -0.1) is 0 Å². The number of guanidine groups is 1. The third kappa shape index (κ3) is 5.72. The molecule has 1 fully saturated rings. The van der Waals surface area contributed by atoms with Crippen molar-refractivity contribution in [2.24, 2.45) is 16.6 Å². The van der Waals surface area contributed by atoms with Crippen LogP contribution in [0.2, 0.25) is 0 Å². The Kier molecular flexibility index (Phi) is 7.17. The minimum atomic E-state index is -0.203. The van der Waals surface area contributed by atoms with Gasteiger partial charge in [0.2, 0.25) is 5.91 Å². The molecule has 0 saturated carbocycles. The molecule has 1 amide bonds. The molecule has 6 heteroatoms. The number of piperidine rings is 1. The number of fused-ring (bicyclic) bond motifs is 1. The van der Waals surface area contributed by atoms with E-state index in [4.69, 9.17) is 10.7 Å². The summed E-state index contributed by atoms with van der Waals surface area (Å²) < 4.78 is 0. The van der Waals surface area contributed by atoms with Gasteiger partial charge in [-0.05, 0) is 57.1 Å². The largest absolute Gasteiger partial charge is 0.370 e. The summed E-state index contributed by atoms with van der Waals surface area (Å²) in [4.78, 5) is 21.2. The van der Waals surface area contributed by atoms with Crippen LogP contribution in [-0.4, -0.2) is 59.9 Å². The number of rotatable bonds is 6. The number of nitrogens with zero attached hydrogens (tertiary/aromatic N) is 3.